The van der Waals surface area contributed by atoms with Crippen molar-refractivity contribution in [1.29, 1.82) is 0 Å². The highest BCUT2D eigenvalue weighted by atomic mass is 16.7. The number of hydrogen-bond donors (Lipinski definition) is 23. The fourth-order valence-corrected chi connectivity index (χ4v) is 16.3. The summed E-state index contributed by atoms with van der Waals surface area (Å²) < 4.78 is 127. The standard InChI is InChI=1S/C68H116O44/c1-2-3-25-47(77)54(84)38(102-25)18-95-62-32(10-75)109-36(59(62)89)14-92-15-37-60(90)63(42(111-37)16-93-12-34-52(82)48(78)26(4-69)103-34)97-23-45-66(58(88)31(9-74)108-45)99-24-46-68(101-20-40-56(86)51(81)29(7-72)106-40)67(33(11-76)110-46)100-21-41-61(91)64(43(112-41)17-94-13-35-53(83)49(79)27(5-70)104-35)98-22-44-65(57(87)30(8-73)107-44)96-19-39-55(85)50(80)28(6-71)105-39/h25-91H,2-24H2,1H3. The minimum atomic E-state index is -1.65. The fourth-order valence-electron chi connectivity index (χ4n) is 16.3. The van der Waals surface area contributed by atoms with Crippen molar-refractivity contribution in [2.75, 3.05) is 139 Å². The first kappa shape index (κ1) is 91.0. The number of rotatable bonds is 43. The maximum atomic E-state index is 12.2. The summed E-state index contributed by atoms with van der Waals surface area (Å²) in [7, 11) is 0. The largest absolute Gasteiger partial charge is 0.394 e. The molecular formula is C68H116O44. The molecule has 0 saturated carbocycles. The van der Waals surface area contributed by atoms with Gasteiger partial charge in [0.05, 0.1) is 145 Å². The monoisotopic (exact) mass is 1640 g/mol. The van der Waals surface area contributed by atoms with E-state index in [1.165, 1.54) is 0 Å². The van der Waals surface area contributed by atoms with Gasteiger partial charge in [0.2, 0.25) is 0 Å². The molecule has 0 radical (unpaired) electrons. The molecule has 11 heterocycles. The predicted molar refractivity (Wildman–Crippen MR) is 358 cm³/mol. The Morgan fingerprint density at radius 1 is 0.170 bits per heavy atom. The maximum absolute atomic E-state index is 12.2. The van der Waals surface area contributed by atoms with E-state index in [1.54, 1.807) is 0 Å². The van der Waals surface area contributed by atoms with Crippen molar-refractivity contribution in [2.45, 2.75) is 288 Å². The predicted octanol–water partition coefficient (Wildman–Crippen LogP) is -15.7. The number of ether oxygens (including phenoxy) is 21. The van der Waals surface area contributed by atoms with Crippen molar-refractivity contribution >= 4 is 0 Å². The maximum Gasteiger partial charge on any atom is 0.115 e. The van der Waals surface area contributed by atoms with Crippen LogP contribution in [-0.2, 0) is 99.5 Å². The summed E-state index contributed by atoms with van der Waals surface area (Å²) in [6.07, 6.45) is -56.0. The second-order valence-electron chi connectivity index (χ2n) is 30.1. The summed E-state index contributed by atoms with van der Waals surface area (Å²) in [5.41, 5.74) is 0. The van der Waals surface area contributed by atoms with Crippen molar-refractivity contribution in [3.05, 3.63) is 0 Å². The SMILES string of the molecule is CCCC1OC(COC2C(CO)OC(COCC3OC(COCC4OC(CO)C(O)C4O)C(OCC4OC(CO)C(O)C4OCC4OC(CO)C(OCC5OC(COCC6OC(CO)C(O)C6O)C(OCC6OC(CO)C(O)C6OCC6OC(CO)C(O)C6O)C5O)C4OCC4OC(CO)C(O)C4O)C3O)C2O)C(O)C1O. The Morgan fingerprint density at radius 3 is 0.625 bits per heavy atom. The topological polar surface area (TPSA) is 659 Å². The Morgan fingerprint density at radius 2 is 0.321 bits per heavy atom. The summed E-state index contributed by atoms with van der Waals surface area (Å²) in [6.45, 7) is -9.10. The van der Waals surface area contributed by atoms with E-state index in [0.717, 1.165) is 0 Å². The lowest BCUT2D eigenvalue weighted by Gasteiger charge is -2.29. The van der Waals surface area contributed by atoms with Crippen molar-refractivity contribution in [2.24, 2.45) is 0 Å². The average Bonchev–Trinajstić information content (AvgIpc) is 1.64. The first-order chi connectivity index (χ1) is 53.8. The lowest BCUT2D eigenvalue weighted by Crippen LogP contribution is -2.46. The molecule has 11 rings (SSSR count). The third kappa shape index (κ3) is 20.5. The van der Waals surface area contributed by atoms with E-state index < -0.39 is 368 Å². The summed E-state index contributed by atoms with van der Waals surface area (Å²) in [4.78, 5) is 0. The van der Waals surface area contributed by atoms with Gasteiger partial charge in [0.15, 0.2) is 0 Å². The molecule has 0 bridgehead atoms. The van der Waals surface area contributed by atoms with Crippen LogP contribution in [0.25, 0.3) is 0 Å². The van der Waals surface area contributed by atoms with Crippen molar-refractivity contribution in [3.63, 3.8) is 0 Å². The van der Waals surface area contributed by atoms with Gasteiger partial charge in [-0.2, -0.15) is 0 Å². The van der Waals surface area contributed by atoms with Crippen LogP contribution in [0.2, 0.25) is 0 Å². The van der Waals surface area contributed by atoms with Gasteiger partial charge in [-0.05, 0) is 6.42 Å². The van der Waals surface area contributed by atoms with E-state index in [2.05, 4.69) is 0 Å². The van der Waals surface area contributed by atoms with Gasteiger partial charge in [-0.25, -0.2) is 0 Å². The molecule has 11 saturated heterocycles. The van der Waals surface area contributed by atoms with Crippen molar-refractivity contribution in [1.82, 2.24) is 0 Å². The molecule has 652 valence electrons. The minimum Gasteiger partial charge on any atom is -0.394 e. The third-order valence-electron chi connectivity index (χ3n) is 22.8. The summed E-state index contributed by atoms with van der Waals surface area (Å²) in [5, 5.41) is 245. The number of aliphatic hydroxyl groups excluding tert-OH is 23. The lowest BCUT2D eigenvalue weighted by molar-refractivity contribution is -0.145. The fraction of sp³-hybridized carbons (Fsp3) is 1.00. The molecule has 23 N–H and O–H groups in total. The van der Waals surface area contributed by atoms with Crippen LogP contribution >= 0.6 is 0 Å². The van der Waals surface area contributed by atoms with Gasteiger partial charge in [0.25, 0.3) is 0 Å². The van der Waals surface area contributed by atoms with Gasteiger partial charge in [0, 0.05) is 0 Å². The van der Waals surface area contributed by atoms with E-state index in [4.69, 9.17) is 99.5 Å². The molecule has 44 heteroatoms. The summed E-state index contributed by atoms with van der Waals surface area (Å²) >= 11 is 0. The van der Waals surface area contributed by atoms with Crippen LogP contribution < -0.4 is 0 Å². The van der Waals surface area contributed by atoms with E-state index >= 15 is 0 Å². The molecule has 0 amide bonds. The zero-order chi connectivity index (χ0) is 80.5. The zero-order valence-corrected chi connectivity index (χ0v) is 61.5. The second kappa shape index (κ2) is 42.2. The van der Waals surface area contributed by atoms with Gasteiger partial charge < -0.3 is 217 Å². The van der Waals surface area contributed by atoms with Crippen LogP contribution in [0.3, 0.4) is 0 Å². The molecule has 0 spiro atoms. The molecule has 11 aliphatic heterocycles. The van der Waals surface area contributed by atoms with Crippen LogP contribution in [0.5, 0.6) is 0 Å². The van der Waals surface area contributed by atoms with E-state index in [9.17, 15) is 117 Å². The van der Waals surface area contributed by atoms with Crippen LogP contribution in [0.1, 0.15) is 19.8 Å². The molecule has 0 aromatic heterocycles. The molecule has 44 nitrogen and oxygen atoms in total. The van der Waals surface area contributed by atoms with Gasteiger partial charge in [-0.1, -0.05) is 13.3 Å². The molecule has 11 fully saturated rings. The molecule has 0 aromatic carbocycles. The van der Waals surface area contributed by atoms with Gasteiger partial charge in [-0.15, -0.1) is 0 Å². The molecule has 44 unspecified atom stereocenters. The number of hydrogen-bond acceptors (Lipinski definition) is 44. The van der Waals surface area contributed by atoms with Gasteiger partial charge >= 0.3 is 0 Å². The van der Waals surface area contributed by atoms with E-state index in [0.29, 0.717) is 12.8 Å². The third-order valence-corrected chi connectivity index (χ3v) is 22.8. The highest BCUT2D eigenvalue weighted by molar-refractivity contribution is 5.03. The van der Waals surface area contributed by atoms with Crippen LogP contribution in [0, 0.1) is 0 Å². The molecule has 44 atom stereocenters. The van der Waals surface area contributed by atoms with Crippen molar-refractivity contribution < 1.29 is 217 Å². The van der Waals surface area contributed by atoms with Crippen LogP contribution in [0.4, 0.5) is 0 Å². The first-order valence-electron chi connectivity index (χ1n) is 38.2. The Balaban J connectivity index is 0.758. The second-order valence-corrected chi connectivity index (χ2v) is 30.1. The highest BCUT2D eigenvalue weighted by Gasteiger charge is 2.57. The smallest absolute Gasteiger partial charge is 0.115 e. The lowest BCUT2D eigenvalue weighted by atomic mass is 10.0. The van der Waals surface area contributed by atoms with Gasteiger partial charge in [-0.3, -0.25) is 0 Å². The highest BCUT2D eigenvalue weighted by Crippen LogP contribution is 2.38. The first-order valence-corrected chi connectivity index (χ1v) is 38.2. The van der Waals surface area contributed by atoms with Crippen LogP contribution in [0.15, 0.2) is 0 Å². The minimum absolute atomic E-state index is 0.261. The molecule has 112 heavy (non-hydrogen) atoms. The van der Waals surface area contributed by atoms with E-state index in [-0.39, 0.29) is 39.6 Å². The average molecular weight is 1640 g/mol. The molecule has 0 aromatic rings. The van der Waals surface area contributed by atoms with Crippen LogP contribution in [-0.4, -0.2) is 525 Å². The quantitative estimate of drug-likeness (QED) is 0.0270. The number of aliphatic hydroxyl groups is 23. The summed E-state index contributed by atoms with van der Waals surface area (Å²) in [5.74, 6) is 0. The Kier molecular flexibility index (Phi) is 34.2. The molecule has 11 aliphatic rings. The molecule has 0 aliphatic carbocycles. The Labute approximate surface area is 642 Å². The molecular weight excluding hydrogens is 1520 g/mol. The Hall–Kier alpha value is -1.76. The van der Waals surface area contributed by atoms with Gasteiger partial charge in [0.1, 0.15) is 262 Å². The van der Waals surface area contributed by atoms with Crippen molar-refractivity contribution in [3.8, 4) is 0 Å². The summed E-state index contributed by atoms with van der Waals surface area (Å²) in [6, 6.07) is 0. The van der Waals surface area contributed by atoms with E-state index in [1.807, 2.05) is 6.92 Å². The zero-order valence-electron chi connectivity index (χ0n) is 61.5. The normalized spacial score (nSPS) is 49.0. The Bertz CT molecular complexity index is 2730.